The van der Waals surface area contributed by atoms with Gasteiger partial charge in [0.05, 0.1) is 0 Å². The molecule has 76 valence electrons. The Morgan fingerprint density at radius 1 is 1.31 bits per heavy atom. The Morgan fingerprint density at radius 3 is 2.69 bits per heavy atom. The first-order chi connectivity index (χ1) is 6.25. The van der Waals surface area contributed by atoms with Gasteiger partial charge in [0.15, 0.2) is 0 Å². The molecule has 2 rings (SSSR count). The number of rotatable bonds is 2. The molecule has 0 radical (unpaired) electrons. The van der Waals surface area contributed by atoms with E-state index in [0.717, 1.165) is 18.4 Å². The van der Waals surface area contributed by atoms with E-state index in [2.05, 4.69) is 11.8 Å². The second-order valence-corrected chi connectivity index (χ2v) is 4.98. The first kappa shape index (κ1) is 9.47. The lowest BCUT2D eigenvalue weighted by Crippen LogP contribution is -2.31. The number of nitrogens with zero attached hydrogens (tertiary/aromatic N) is 1. The Balaban J connectivity index is 1.77. The fraction of sp³-hybridized carbons (Fsp3) is 1.00. The third kappa shape index (κ3) is 2.23. The average Bonchev–Trinajstić information content (AvgIpc) is 2.64. The Labute approximate surface area is 81.5 Å². The van der Waals surface area contributed by atoms with Gasteiger partial charge in [-0.3, -0.25) is 0 Å². The number of nitrogens with two attached hydrogens (primary N) is 1. The molecular weight excluding hydrogens is 160 g/mol. The van der Waals surface area contributed by atoms with Gasteiger partial charge in [-0.15, -0.1) is 0 Å². The van der Waals surface area contributed by atoms with E-state index in [1.807, 2.05) is 0 Å². The molecule has 0 amide bonds. The highest BCUT2D eigenvalue weighted by atomic mass is 15.2. The molecule has 1 aliphatic carbocycles. The molecule has 0 aromatic heterocycles. The summed E-state index contributed by atoms with van der Waals surface area (Å²) in [5, 5.41) is 0. The molecule has 0 aromatic carbocycles. The van der Waals surface area contributed by atoms with E-state index in [9.17, 15) is 0 Å². The quantitative estimate of drug-likeness (QED) is 0.700. The fourth-order valence-corrected chi connectivity index (χ4v) is 2.85. The fourth-order valence-electron chi connectivity index (χ4n) is 2.85. The van der Waals surface area contributed by atoms with E-state index in [0.29, 0.717) is 6.04 Å². The van der Waals surface area contributed by atoms with Crippen molar-refractivity contribution in [2.24, 2.45) is 17.6 Å². The van der Waals surface area contributed by atoms with Crippen LogP contribution in [0.1, 0.15) is 32.6 Å². The van der Waals surface area contributed by atoms with Crippen molar-refractivity contribution >= 4 is 0 Å². The van der Waals surface area contributed by atoms with Crippen molar-refractivity contribution in [3.63, 3.8) is 0 Å². The smallest absolute Gasteiger partial charge is 0.0180 e. The third-order valence-electron chi connectivity index (χ3n) is 3.84. The van der Waals surface area contributed by atoms with Crippen LogP contribution in [-0.2, 0) is 0 Å². The molecule has 1 aliphatic heterocycles. The lowest BCUT2D eigenvalue weighted by molar-refractivity contribution is 0.246. The van der Waals surface area contributed by atoms with Crippen LogP contribution in [0.5, 0.6) is 0 Å². The van der Waals surface area contributed by atoms with Crippen molar-refractivity contribution in [2.75, 3.05) is 19.6 Å². The van der Waals surface area contributed by atoms with Gasteiger partial charge in [0, 0.05) is 19.1 Å². The molecule has 0 aromatic rings. The van der Waals surface area contributed by atoms with Crippen LogP contribution in [0.4, 0.5) is 0 Å². The standard InChI is InChI=1S/C11H22N2/c1-9-3-2-4-10(9)7-13-6-5-11(12)8-13/h9-11H,2-8,12H2,1H3. The molecular formula is C11H22N2. The molecule has 2 heteroatoms. The molecule has 3 atom stereocenters. The summed E-state index contributed by atoms with van der Waals surface area (Å²) in [6.07, 6.45) is 5.56. The highest BCUT2D eigenvalue weighted by molar-refractivity contribution is 4.83. The van der Waals surface area contributed by atoms with Gasteiger partial charge in [-0.05, 0) is 31.2 Å². The average molecular weight is 182 g/mol. The molecule has 0 bridgehead atoms. The van der Waals surface area contributed by atoms with E-state index in [1.165, 1.54) is 38.8 Å². The van der Waals surface area contributed by atoms with Crippen LogP contribution in [0, 0.1) is 11.8 Å². The van der Waals surface area contributed by atoms with Gasteiger partial charge in [-0.1, -0.05) is 19.8 Å². The Bertz CT molecular complexity index is 169. The molecule has 2 nitrogen and oxygen atoms in total. The van der Waals surface area contributed by atoms with E-state index in [4.69, 9.17) is 5.73 Å². The highest BCUT2D eigenvalue weighted by Crippen LogP contribution is 2.32. The monoisotopic (exact) mass is 182 g/mol. The molecule has 3 unspecified atom stereocenters. The number of hydrogen-bond acceptors (Lipinski definition) is 2. The Morgan fingerprint density at radius 2 is 2.15 bits per heavy atom. The van der Waals surface area contributed by atoms with Gasteiger partial charge in [0.2, 0.25) is 0 Å². The summed E-state index contributed by atoms with van der Waals surface area (Å²) >= 11 is 0. The van der Waals surface area contributed by atoms with Gasteiger partial charge in [-0.25, -0.2) is 0 Å². The van der Waals surface area contributed by atoms with Crippen molar-refractivity contribution in [1.29, 1.82) is 0 Å². The van der Waals surface area contributed by atoms with Crippen LogP contribution in [0.3, 0.4) is 0 Å². The largest absolute Gasteiger partial charge is 0.326 e. The summed E-state index contributed by atoms with van der Waals surface area (Å²) in [5.74, 6) is 1.92. The van der Waals surface area contributed by atoms with Gasteiger partial charge in [-0.2, -0.15) is 0 Å². The van der Waals surface area contributed by atoms with E-state index in [1.54, 1.807) is 0 Å². The van der Waals surface area contributed by atoms with Crippen molar-refractivity contribution in [3.8, 4) is 0 Å². The summed E-state index contributed by atoms with van der Waals surface area (Å²) in [5.41, 5.74) is 5.89. The Kier molecular flexibility index (Phi) is 2.89. The molecule has 2 N–H and O–H groups in total. The Hall–Kier alpha value is -0.0800. The first-order valence-corrected chi connectivity index (χ1v) is 5.73. The lowest BCUT2D eigenvalue weighted by atomic mass is 9.98. The van der Waals surface area contributed by atoms with Crippen LogP contribution in [0.15, 0.2) is 0 Å². The van der Waals surface area contributed by atoms with Gasteiger partial charge >= 0.3 is 0 Å². The SMILES string of the molecule is CC1CCCC1CN1CCC(N)C1. The van der Waals surface area contributed by atoms with Crippen LogP contribution in [0.2, 0.25) is 0 Å². The van der Waals surface area contributed by atoms with E-state index in [-0.39, 0.29) is 0 Å². The molecule has 2 aliphatic rings. The lowest BCUT2D eigenvalue weighted by Gasteiger charge is -2.22. The molecule has 1 saturated heterocycles. The van der Waals surface area contributed by atoms with Crippen molar-refractivity contribution in [2.45, 2.75) is 38.6 Å². The molecule has 0 spiro atoms. The van der Waals surface area contributed by atoms with Gasteiger partial charge < -0.3 is 10.6 Å². The minimum absolute atomic E-state index is 0.455. The predicted octanol–water partition coefficient (Wildman–Crippen LogP) is 1.46. The predicted molar refractivity (Wildman–Crippen MR) is 55.5 cm³/mol. The summed E-state index contributed by atoms with van der Waals surface area (Å²) in [6, 6.07) is 0.455. The van der Waals surface area contributed by atoms with Crippen LogP contribution >= 0.6 is 0 Å². The molecule has 1 heterocycles. The van der Waals surface area contributed by atoms with E-state index < -0.39 is 0 Å². The second kappa shape index (κ2) is 3.97. The zero-order valence-corrected chi connectivity index (χ0v) is 8.71. The minimum Gasteiger partial charge on any atom is -0.326 e. The van der Waals surface area contributed by atoms with E-state index >= 15 is 0 Å². The maximum Gasteiger partial charge on any atom is 0.0180 e. The summed E-state index contributed by atoms with van der Waals surface area (Å²) in [6.45, 7) is 6.11. The zero-order valence-electron chi connectivity index (χ0n) is 8.71. The first-order valence-electron chi connectivity index (χ1n) is 5.73. The van der Waals surface area contributed by atoms with Crippen molar-refractivity contribution in [1.82, 2.24) is 4.90 Å². The molecule has 13 heavy (non-hydrogen) atoms. The van der Waals surface area contributed by atoms with Crippen LogP contribution < -0.4 is 5.73 Å². The summed E-state index contributed by atoms with van der Waals surface area (Å²) in [7, 11) is 0. The minimum atomic E-state index is 0.455. The highest BCUT2D eigenvalue weighted by Gasteiger charge is 2.27. The second-order valence-electron chi connectivity index (χ2n) is 4.98. The van der Waals surface area contributed by atoms with Gasteiger partial charge in [0.25, 0.3) is 0 Å². The number of hydrogen-bond donors (Lipinski definition) is 1. The maximum absolute atomic E-state index is 5.89. The van der Waals surface area contributed by atoms with Crippen LogP contribution in [0.25, 0.3) is 0 Å². The third-order valence-corrected chi connectivity index (χ3v) is 3.84. The van der Waals surface area contributed by atoms with Crippen LogP contribution in [-0.4, -0.2) is 30.6 Å². The number of likely N-dealkylation sites (tertiary alicyclic amines) is 1. The summed E-state index contributed by atoms with van der Waals surface area (Å²) < 4.78 is 0. The van der Waals surface area contributed by atoms with Crippen molar-refractivity contribution in [3.05, 3.63) is 0 Å². The topological polar surface area (TPSA) is 29.3 Å². The normalized spacial score (nSPS) is 41.5. The summed E-state index contributed by atoms with van der Waals surface area (Å²) in [4.78, 5) is 2.57. The van der Waals surface area contributed by atoms with Gasteiger partial charge in [0.1, 0.15) is 0 Å². The molecule has 1 saturated carbocycles. The maximum atomic E-state index is 5.89. The zero-order chi connectivity index (χ0) is 9.26. The molecule has 2 fully saturated rings. The van der Waals surface area contributed by atoms with Crippen molar-refractivity contribution < 1.29 is 0 Å².